The van der Waals surface area contributed by atoms with Crippen LogP contribution in [0, 0.1) is 5.92 Å². The van der Waals surface area contributed by atoms with Crippen LogP contribution in [0.15, 0.2) is 89.8 Å². The van der Waals surface area contributed by atoms with Crippen LogP contribution in [0.1, 0.15) is 36.0 Å². The lowest BCUT2D eigenvalue weighted by Crippen LogP contribution is -2.46. The summed E-state index contributed by atoms with van der Waals surface area (Å²) in [5.74, 6) is -0.699. The summed E-state index contributed by atoms with van der Waals surface area (Å²) in [6, 6.07) is 24.7. The zero-order valence-corrected chi connectivity index (χ0v) is 23.1. The van der Waals surface area contributed by atoms with Gasteiger partial charge < -0.3 is 10.6 Å². The minimum absolute atomic E-state index is 0.141. The van der Waals surface area contributed by atoms with Crippen molar-refractivity contribution in [3.63, 3.8) is 0 Å². The largest absolute Gasteiger partial charge is 0.349 e. The smallest absolute Gasteiger partial charge is 0.251 e. The highest BCUT2D eigenvalue weighted by molar-refractivity contribution is 7.90. The van der Waals surface area contributed by atoms with E-state index in [1.807, 2.05) is 24.3 Å². The number of nitrogens with one attached hydrogen (secondary N) is 2. The van der Waals surface area contributed by atoms with Gasteiger partial charge in [-0.05, 0) is 71.6 Å². The summed E-state index contributed by atoms with van der Waals surface area (Å²) in [5, 5.41) is 8.61. The third-order valence-electron chi connectivity index (χ3n) is 7.23. The first-order chi connectivity index (χ1) is 18.7. The first-order valence-electron chi connectivity index (χ1n) is 12.9. The average molecular weight is 561 g/mol. The van der Waals surface area contributed by atoms with Crippen LogP contribution >= 0.6 is 11.6 Å². The monoisotopic (exact) mass is 560 g/mol. The molecule has 0 aromatic heterocycles. The van der Waals surface area contributed by atoms with Crippen molar-refractivity contribution in [1.82, 2.24) is 5.32 Å². The predicted octanol–water partition coefficient (Wildman–Crippen LogP) is 6.49. The molecule has 6 nitrogen and oxygen atoms in total. The highest BCUT2D eigenvalue weighted by Gasteiger charge is 2.32. The molecule has 0 saturated heterocycles. The van der Waals surface area contributed by atoms with Gasteiger partial charge in [0.25, 0.3) is 5.91 Å². The molecule has 39 heavy (non-hydrogen) atoms. The van der Waals surface area contributed by atoms with E-state index in [2.05, 4.69) is 10.6 Å². The summed E-state index contributed by atoms with van der Waals surface area (Å²) in [5.41, 5.74) is 2.52. The van der Waals surface area contributed by atoms with Crippen molar-refractivity contribution < 1.29 is 18.0 Å². The van der Waals surface area contributed by atoms with Gasteiger partial charge in [-0.2, -0.15) is 0 Å². The first-order valence-corrected chi connectivity index (χ1v) is 15.2. The number of hydrogen-bond donors (Lipinski definition) is 2. The minimum Gasteiger partial charge on any atom is -0.349 e. The fourth-order valence-electron chi connectivity index (χ4n) is 5.22. The second kappa shape index (κ2) is 11.2. The average Bonchev–Trinajstić information content (AvgIpc) is 2.93. The number of sulfone groups is 1. The van der Waals surface area contributed by atoms with E-state index >= 15 is 0 Å². The molecule has 0 heterocycles. The number of rotatable bonds is 6. The van der Waals surface area contributed by atoms with E-state index in [0.717, 1.165) is 35.6 Å². The van der Waals surface area contributed by atoms with Crippen LogP contribution < -0.4 is 10.6 Å². The Morgan fingerprint density at radius 3 is 2.31 bits per heavy atom. The van der Waals surface area contributed by atoms with Gasteiger partial charge in [-0.15, -0.1) is 0 Å². The standard InChI is InChI=1S/C31H29ClN2O4S/c1-39(37,38)29-9-5-3-6-26(29)20-13-16-25(17-14-20)33-31(36)27-7-2-4-8-28(27)34-30(35)23-11-10-22-19-24(32)15-12-21(22)18-23/h3,5-6,9-19,27-28H,2,4,7-8H2,1H3,(H,33,36)(H,34,35)/t27-,28+/m0/s1. The summed E-state index contributed by atoms with van der Waals surface area (Å²) in [4.78, 5) is 26.7. The topological polar surface area (TPSA) is 92.3 Å². The molecule has 2 N–H and O–H groups in total. The van der Waals surface area contributed by atoms with Crippen LogP contribution in [0.4, 0.5) is 5.69 Å². The number of anilines is 1. The zero-order valence-electron chi connectivity index (χ0n) is 21.5. The molecule has 1 aliphatic rings. The van der Waals surface area contributed by atoms with E-state index in [9.17, 15) is 18.0 Å². The third-order valence-corrected chi connectivity index (χ3v) is 8.62. The van der Waals surface area contributed by atoms with Gasteiger partial charge in [-0.1, -0.05) is 66.9 Å². The Bertz CT molecular complexity index is 1650. The SMILES string of the molecule is CS(=O)(=O)c1ccccc1-c1ccc(NC(=O)[C@H]2CCCC[C@H]2NC(=O)c2ccc3cc(Cl)ccc3c2)cc1. The number of carbonyl (C=O) groups excluding carboxylic acids is 2. The van der Waals surface area contributed by atoms with Gasteiger partial charge in [0.1, 0.15) is 0 Å². The van der Waals surface area contributed by atoms with E-state index in [1.54, 1.807) is 60.7 Å². The number of amides is 2. The Balaban J connectivity index is 1.28. The highest BCUT2D eigenvalue weighted by Crippen LogP contribution is 2.30. The Labute approximate surface area is 233 Å². The second-order valence-electron chi connectivity index (χ2n) is 10.0. The van der Waals surface area contributed by atoms with Crippen LogP contribution in [0.2, 0.25) is 5.02 Å². The van der Waals surface area contributed by atoms with E-state index in [4.69, 9.17) is 11.6 Å². The summed E-state index contributed by atoms with van der Waals surface area (Å²) in [6.07, 6.45) is 4.47. The molecule has 0 unspecified atom stereocenters. The first kappa shape index (κ1) is 26.9. The Morgan fingerprint density at radius 1 is 0.846 bits per heavy atom. The fraction of sp³-hybridized carbons (Fsp3) is 0.226. The number of halogens is 1. The molecule has 2 amide bonds. The number of carbonyl (C=O) groups is 2. The quantitative estimate of drug-likeness (QED) is 0.282. The maximum Gasteiger partial charge on any atom is 0.251 e. The highest BCUT2D eigenvalue weighted by atomic mass is 35.5. The minimum atomic E-state index is -3.38. The Kier molecular flexibility index (Phi) is 7.73. The molecule has 0 bridgehead atoms. The molecule has 4 aromatic carbocycles. The van der Waals surface area contributed by atoms with Crippen LogP contribution in [0.25, 0.3) is 21.9 Å². The molecule has 1 aliphatic carbocycles. The van der Waals surface area contributed by atoms with Gasteiger partial charge in [0, 0.05) is 34.1 Å². The van der Waals surface area contributed by atoms with Gasteiger partial charge in [-0.25, -0.2) is 8.42 Å². The number of fused-ring (bicyclic) bond motifs is 1. The lowest BCUT2D eigenvalue weighted by Gasteiger charge is -2.31. The molecule has 8 heteroatoms. The van der Waals surface area contributed by atoms with E-state index in [-0.39, 0.29) is 28.7 Å². The number of benzene rings is 4. The molecule has 0 radical (unpaired) electrons. The predicted molar refractivity (Wildman–Crippen MR) is 156 cm³/mol. The zero-order chi connectivity index (χ0) is 27.6. The summed E-state index contributed by atoms with van der Waals surface area (Å²) < 4.78 is 24.4. The molecule has 200 valence electrons. The van der Waals surface area contributed by atoms with E-state index in [0.29, 0.717) is 28.3 Å². The molecule has 0 aliphatic heterocycles. The van der Waals surface area contributed by atoms with Crippen molar-refractivity contribution in [3.8, 4) is 11.1 Å². The number of hydrogen-bond acceptors (Lipinski definition) is 4. The lowest BCUT2D eigenvalue weighted by molar-refractivity contribution is -0.121. The molecule has 5 rings (SSSR count). The van der Waals surface area contributed by atoms with E-state index in [1.165, 1.54) is 6.26 Å². The fourth-order valence-corrected chi connectivity index (χ4v) is 6.32. The maximum absolute atomic E-state index is 13.3. The molecular weight excluding hydrogens is 532 g/mol. The van der Waals surface area contributed by atoms with Gasteiger partial charge in [0.2, 0.25) is 5.91 Å². The Hall–Kier alpha value is -3.68. The van der Waals surface area contributed by atoms with Crippen LogP contribution in [0.5, 0.6) is 0 Å². The van der Waals surface area contributed by atoms with Gasteiger partial charge in [0.05, 0.1) is 10.8 Å². The molecular formula is C31H29ClN2O4S. The molecule has 1 fully saturated rings. The second-order valence-corrected chi connectivity index (χ2v) is 12.4. The van der Waals surface area contributed by atoms with Crippen molar-refractivity contribution in [2.45, 2.75) is 36.6 Å². The van der Waals surface area contributed by atoms with Gasteiger partial charge in [0.15, 0.2) is 9.84 Å². The summed E-state index contributed by atoms with van der Waals surface area (Å²) in [6.45, 7) is 0. The van der Waals surface area contributed by atoms with Crippen molar-refractivity contribution >= 4 is 49.7 Å². The third kappa shape index (κ3) is 6.15. The molecule has 0 spiro atoms. The van der Waals surface area contributed by atoms with E-state index < -0.39 is 9.84 Å². The molecule has 1 saturated carbocycles. The Morgan fingerprint density at radius 2 is 1.54 bits per heavy atom. The summed E-state index contributed by atoms with van der Waals surface area (Å²) >= 11 is 6.07. The van der Waals surface area contributed by atoms with Gasteiger partial charge in [-0.3, -0.25) is 9.59 Å². The van der Waals surface area contributed by atoms with Crippen LogP contribution in [-0.2, 0) is 14.6 Å². The normalized spacial score (nSPS) is 17.5. The van der Waals surface area contributed by atoms with Crippen molar-refractivity contribution in [3.05, 3.63) is 95.5 Å². The lowest BCUT2D eigenvalue weighted by atomic mass is 9.83. The molecule has 4 aromatic rings. The van der Waals surface area contributed by atoms with Crippen molar-refractivity contribution in [1.29, 1.82) is 0 Å². The van der Waals surface area contributed by atoms with Crippen LogP contribution in [-0.4, -0.2) is 32.5 Å². The van der Waals surface area contributed by atoms with Crippen molar-refractivity contribution in [2.75, 3.05) is 11.6 Å². The maximum atomic E-state index is 13.3. The van der Waals surface area contributed by atoms with Gasteiger partial charge >= 0.3 is 0 Å². The van der Waals surface area contributed by atoms with Crippen molar-refractivity contribution in [2.24, 2.45) is 5.92 Å². The van der Waals surface area contributed by atoms with Crippen LogP contribution in [0.3, 0.4) is 0 Å². The molecule has 2 atom stereocenters. The summed E-state index contributed by atoms with van der Waals surface area (Å²) in [7, 11) is -3.38.